The zero-order valence-electron chi connectivity index (χ0n) is 24.1. The molecule has 0 saturated heterocycles. The van der Waals surface area contributed by atoms with E-state index in [-0.39, 0.29) is 18.0 Å². The van der Waals surface area contributed by atoms with E-state index in [4.69, 9.17) is 0 Å². The number of carbonyl (C=O) groups is 2. The molecule has 2 aromatic carbocycles. The molecule has 42 heavy (non-hydrogen) atoms. The molecule has 1 aromatic heterocycles. The lowest BCUT2D eigenvalue weighted by atomic mass is 9.92. The zero-order valence-corrected chi connectivity index (χ0v) is 24.1. The Bertz CT molecular complexity index is 1390. The van der Waals surface area contributed by atoms with Crippen molar-refractivity contribution >= 4 is 17.6 Å². The van der Waals surface area contributed by atoms with Gasteiger partial charge in [0.1, 0.15) is 12.4 Å². The topological polar surface area (TPSA) is 67.2 Å². The molecule has 6 nitrogen and oxygen atoms in total. The number of amides is 2. The Morgan fingerprint density at radius 3 is 2.05 bits per heavy atom. The fourth-order valence-electron chi connectivity index (χ4n) is 4.21. The number of nitrogens with one attached hydrogen (secondary N) is 1. The largest absolute Gasteiger partial charge is 0.416 e. The molecule has 2 amide bonds. The lowest BCUT2D eigenvalue weighted by Crippen LogP contribution is -2.39. The molecule has 3 rings (SSSR count). The minimum Gasteiger partial charge on any atom is -0.329 e. The quantitative estimate of drug-likeness (QED) is 0.203. The van der Waals surface area contributed by atoms with Gasteiger partial charge in [-0.25, -0.2) is 4.68 Å². The fraction of sp³-hybridized carbons (Fsp3) is 0.433. The Balaban J connectivity index is 1.96. The molecule has 0 unspecified atom stereocenters. The smallest absolute Gasteiger partial charge is 0.329 e. The van der Waals surface area contributed by atoms with Crippen molar-refractivity contribution in [1.82, 2.24) is 14.7 Å². The van der Waals surface area contributed by atoms with Crippen LogP contribution in [0.4, 0.5) is 32.2 Å². The average molecular weight is 597 g/mol. The number of carbonyl (C=O) groups excluding carboxylic acids is 2. The summed E-state index contributed by atoms with van der Waals surface area (Å²) in [5, 5.41) is 7.37. The monoisotopic (exact) mass is 596 g/mol. The van der Waals surface area contributed by atoms with Gasteiger partial charge in [0.25, 0.3) is 5.91 Å². The molecule has 0 radical (unpaired) electrons. The van der Waals surface area contributed by atoms with Gasteiger partial charge in [-0.15, -0.1) is 0 Å². The van der Waals surface area contributed by atoms with E-state index in [1.807, 2.05) is 52.8 Å². The summed E-state index contributed by atoms with van der Waals surface area (Å²) >= 11 is 0. The number of unbranched alkanes of at least 4 members (excludes halogenated alkanes) is 2. The van der Waals surface area contributed by atoms with Gasteiger partial charge in [-0.05, 0) is 49.2 Å². The van der Waals surface area contributed by atoms with E-state index in [1.54, 1.807) is 12.1 Å². The van der Waals surface area contributed by atoms with Crippen LogP contribution in [0.5, 0.6) is 0 Å². The number of rotatable bonds is 9. The first-order chi connectivity index (χ1) is 19.4. The molecule has 0 aliphatic heterocycles. The van der Waals surface area contributed by atoms with Gasteiger partial charge in [-0.2, -0.15) is 31.4 Å². The van der Waals surface area contributed by atoms with Crippen LogP contribution in [-0.2, 0) is 22.6 Å². The lowest BCUT2D eigenvalue weighted by molar-refractivity contribution is -0.143. The van der Waals surface area contributed by atoms with Crippen molar-refractivity contribution < 1.29 is 35.9 Å². The Labute approximate surface area is 240 Å². The maximum absolute atomic E-state index is 13.4. The number of alkyl halides is 6. The summed E-state index contributed by atoms with van der Waals surface area (Å²) < 4.78 is 82.1. The summed E-state index contributed by atoms with van der Waals surface area (Å²) in [4.78, 5) is 27.6. The predicted molar refractivity (Wildman–Crippen MR) is 148 cm³/mol. The lowest BCUT2D eigenvalue weighted by Gasteiger charge is -2.23. The molecule has 0 bridgehead atoms. The number of halogens is 6. The van der Waals surface area contributed by atoms with E-state index in [0.29, 0.717) is 42.2 Å². The van der Waals surface area contributed by atoms with Gasteiger partial charge < -0.3 is 10.2 Å². The van der Waals surface area contributed by atoms with Crippen LogP contribution in [-0.4, -0.2) is 39.6 Å². The molecule has 12 heteroatoms. The summed E-state index contributed by atoms with van der Waals surface area (Å²) in [5.41, 5.74) is -2.10. The normalized spacial score (nSPS) is 12.4. The van der Waals surface area contributed by atoms with Crippen LogP contribution in [0.2, 0.25) is 0 Å². The van der Waals surface area contributed by atoms with E-state index >= 15 is 0 Å². The van der Waals surface area contributed by atoms with Crippen molar-refractivity contribution in [2.24, 2.45) is 0 Å². The van der Waals surface area contributed by atoms with Crippen molar-refractivity contribution in [2.45, 2.75) is 71.6 Å². The predicted octanol–water partition coefficient (Wildman–Crippen LogP) is 7.79. The van der Waals surface area contributed by atoms with Crippen LogP contribution in [0.1, 0.15) is 79.7 Å². The maximum Gasteiger partial charge on any atom is 0.416 e. The maximum atomic E-state index is 13.4. The molecular weight excluding hydrogens is 562 g/mol. The number of benzene rings is 2. The molecular formula is C30H34F6N4O2. The third kappa shape index (κ3) is 8.36. The summed E-state index contributed by atoms with van der Waals surface area (Å²) in [6.07, 6.45) is -8.45. The zero-order chi connectivity index (χ0) is 31.5. The number of nitrogens with zero attached hydrogens (tertiary/aromatic N) is 3. The number of hydrogen-bond acceptors (Lipinski definition) is 3. The van der Waals surface area contributed by atoms with Gasteiger partial charge in [0.05, 0.1) is 22.5 Å². The second kappa shape index (κ2) is 12.6. The molecule has 1 N–H and O–H groups in total. The van der Waals surface area contributed by atoms with Gasteiger partial charge in [0.2, 0.25) is 5.91 Å². The third-order valence-corrected chi connectivity index (χ3v) is 6.48. The highest BCUT2D eigenvalue weighted by Gasteiger charge is 2.38. The first-order valence-electron chi connectivity index (χ1n) is 13.5. The number of aromatic nitrogens is 2. The summed E-state index contributed by atoms with van der Waals surface area (Å²) in [5.74, 6) is -1.49. The van der Waals surface area contributed by atoms with E-state index < -0.39 is 47.4 Å². The van der Waals surface area contributed by atoms with E-state index in [2.05, 4.69) is 10.4 Å². The molecule has 0 atom stereocenters. The van der Waals surface area contributed by atoms with Gasteiger partial charge in [-0.1, -0.05) is 52.7 Å². The Hall–Kier alpha value is -3.83. The first kappa shape index (κ1) is 32.7. The highest BCUT2D eigenvalue weighted by molar-refractivity contribution is 5.99. The Morgan fingerprint density at radius 2 is 1.52 bits per heavy atom. The second-order valence-corrected chi connectivity index (χ2v) is 11.2. The molecule has 0 aliphatic rings. The minimum absolute atomic E-state index is 0.0375. The van der Waals surface area contributed by atoms with Crippen LogP contribution < -0.4 is 5.32 Å². The van der Waals surface area contributed by atoms with Crippen molar-refractivity contribution in [1.29, 1.82) is 0 Å². The van der Waals surface area contributed by atoms with E-state index in [9.17, 15) is 35.9 Å². The molecule has 0 aliphatic carbocycles. The summed E-state index contributed by atoms with van der Waals surface area (Å²) in [7, 11) is 0. The van der Waals surface area contributed by atoms with Crippen LogP contribution in [0, 0.1) is 6.92 Å². The van der Waals surface area contributed by atoms with Crippen molar-refractivity contribution in [3.05, 3.63) is 76.5 Å². The second-order valence-electron chi connectivity index (χ2n) is 11.2. The van der Waals surface area contributed by atoms with E-state index in [1.165, 1.54) is 4.68 Å². The van der Waals surface area contributed by atoms with Crippen molar-refractivity contribution in [2.75, 3.05) is 18.4 Å². The van der Waals surface area contributed by atoms with Crippen LogP contribution in [0.25, 0.3) is 5.69 Å². The van der Waals surface area contributed by atoms with Gasteiger partial charge in [-0.3, -0.25) is 9.59 Å². The molecule has 3 aromatic rings. The molecule has 228 valence electrons. The van der Waals surface area contributed by atoms with Crippen LogP contribution >= 0.6 is 0 Å². The highest BCUT2D eigenvalue weighted by atomic mass is 19.4. The average Bonchev–Trinajstić information content (AvgIpc) is 3.31. The SMILES string of the molecule is CCCCCN(CC(=O)Nc1cc(C(C)(C)C)nn1-c1cccc(C)c1)C(=O)c1cc(C(F)(F)F)cc(C(F)(F)F)c1. The minimum atomic E-state index is -5.11. The molecule has 0 spiro atoms. The van der Waals surface area contributed by atoms with Crippen LogP contribution in [0.3, 0.4) is 0 Å². The molecule has 0 fully saturated rings. The van der Waals surface area contributed by atoms with Crippen LogP contribution in [0.15, 0.2) is 48.5 Å². The van der Waals surface area contributed by atoms with Gasteiger partial charge in [0, 0.05) is 23.6 Å². The van der Waals surface area contributed by atoms with Gasteiger partial charge in [0.15, 0.2) is 0 Å². The van der Waals surface area contributed by atoms with E-state index in [0.717, 1.165) is 16.9 Å². The van der Waals surface area contributed by atoms with Crippen molar-refractivity contribution in [3.63, 3.8) is 0 Å². The van der Waals surface area contributed by atoms with Gasteiger partial charge >= 0.3 is 12.4 Å². The third-order valence-electron chi connectivity index (χ3n) is 6.48. The Morgan fingerprint density at radius 1 is 0.905 bits per heavy atom. The number of anilines is 1. The highest BCUT2D eigenvalue weighted by Crippen LogP contribution is 2.36. The number of hydrogen-bond donors (Lipinski definition) is 1. The number of aryl methyl sites for hydroxylation is 1. The summed E-state index contributed by atoms with van der Waals surface area (Å²) in [6, 6.07) is 9.79. The molecule has 0 saturated carbocycles. The Kier molecular flexibility index (Phi) is 9.79. The molecule has 1 heterocycles. The summed E-state index contributed by atoms with van der Waals surface area (Å²) in [6.45, 7) is 8.99. The first-order valence-corrected chi connectivity index (χ1v) is 13.5. The fourth-order valence-corrected chi connectivity index (χ4v) is 4.21. The van der Waals surface area contributed by atoms with Crippen molar-refractivity contribution in [3.8, 4) is 5.69 Å². The standard InChI is InChI=1S/C30H34F6N4O2/c1-6-7-8-12-39(27(42)20-14-21(29(31,32)33)16-22(15-20)30(34,35)36)18-26(41)37-25-17-24(28(3,4)5)38-40(25)23-11-9-10-19(2)13-23/h9-11,13-17H,6-8,12,18H2,1-5H3,(H,37,41).